The smallest absolute Gasteiger partial charge is 0.397 e. The van der Waals surface area contributed by atoms with Gasteiger partial charge in [0.2, 0.25) is 5.95 Å². The Balaban J connectivity index is 1.21. The summed E-state index contributed by atoms with van der Waals surface area (Å²) in [5, 5.41) is 22.2. The zero-order valence-electron chi connectivity index (χ0n) is 22.7. The molecule has 0 radical (unpaired) electrons. The molecule has 4 aromatic rings. The lowest BCUT2D eigenvalue weighted by Gasteiger charge is -2.26. The number of anilines is 2. The van der Waals surface area contributed by atoms with Crippen molar-refractivity contribution in [3.8, 4) is 0 Å². The molecule has 0 aliphatic carbocycles. The lowest BCUT2D eigenvalue weighted by molar-refractivity contribution is -0.167. The molecular formula is C22H26N8O13P2. The number of aromatic amines is 1. The van der Waals surface area contributed by atoms with Crippen LogP contribution in [0.2, 0.25) is 0 Å². The van der Waals surface area contributed by atoms with Gasteiger partial charge in [0.15, 0.2) is 42.5 Å². The number of nitrogens with one attached hydrogen (secondary N) is 1. The summed E-state index contributed by atoms with van der Waals surface area (Å²) in [5.74, 6) is -0.236. The standard InChI is InChI=1S/C22H26N8O13P2/c23-9-1-3-25-17-11(9)26-6-30(17)19-13(32)15-21(41-19)38-7-44(34,35)42-14-12(31)10(5-39-45(36,37)43-15)40-20(14)29-4-2-8-16(29)27-22(24)28-18(8)33/h1-4,6,10,12-15,19-21,31-32H,5,7H2,(H2,23,25)(H,34,35)(H,36,37)(H3,24,27,28,33)/t10-,12+,13?,14?,15-,19-,20-,21+/m1/s1. The fourth-order valence-electron chi connectivity index (χ4n) is 5.43. The maximum absolute atomic E-state index is 13.3. The maximum atomic E-state index is 13.3. The van der Waals surface area contributed by atoms with Gasteiger partial charge in [0, 0.05) is 12.4 Å². The Bertz CT molecular complexity index is 1930. The molecule has 4 unspecified atom stereocenters. The van der Waals surface area contributed by atoms with Gasteiger partial charge in [-0.05, 0) is 12.1 Å². The number of phosphoric acid groups is 1. The number of hydrogen-bond acceptors (Lipinski definition) is 16. The number of imidazole rings is 1. The molecule has 3 saturated heterocycles. The largest absolute Gasteiger partial charge is 0.472 e. The third-order valence-electron chi connectivity index (χ3n) is 7.47. The van der Waals surface area contributed by atoms with Gasteiger partial charge >= 0.3 is 15.4 Å². The highest BCUT2D eigenvalue weighted by Gasteiger charge is 2.54. The summed E-state index contributed by atoms with van der Waals surface area (Å²) < 4.78 is 61.8. The molecule has 2 bridgehead atoms. The van der Waals surface area contributed by atoms with Crippen LogP contribution in [-0.2, 0) is 36.9 Å². The molecule has 21 nitrogen and oxygen atoms in total. The second-order valence-electron chi connectivity index (χ2n) is 10.4. The van der Waals surface area contributed by atoms with Crippen LogP contribution in [0.25, 0.3) is 22.2 Å². The van der Waals surface area contributed by atoms with Gasteiger partial charge in [-0.1, -0.05) is 0 Å². The summed E-state index contributed by atoms with van der Waals surface area (Å²) in [6.45, 7) is -0.787. The van der Waals surface area contributed by atoms with E-state index in [9.17, 15) is 33.9 Å². The summed E-state index contributed by atoms with van der Waals surface area (Å²) in [4.78, 5) is 48.5. The average Bonchev–Trinajstić information content (AvgIpc) is 3.72. The summed E-state index contributed by atoms with van der Waals surface area (Å²) >= 11 is 0. The number of aromatic nitrogens is 6. The van der Waals surface area contributed by atoms with Crippen LogP contribution in [0.4, 0.5) is 11.6 Å². The van der Waals surface area contributed by atoms with Crippen molar-refractivity contribution in [3.63, 3.8) is 0 Å². The van der Waals surface area contributed by atoms with Crippen molar-refractivity contribution in [2.75, 3.05) is 24.4 Å². The molecule has 0 spiro atoms. The van der Waals surface area contributed by atoms with Crippen LogP contribution in [0.1, 0.15) is 12.5 Å². The molecule has 23 heteroatoms. The van der Waals surface area contributed by atoms with E-state index in [1.54, 1.807) is 0 Å². The lowest BCUT2D eigenvalue weighted by Crippen LogP contribution is -2.35. The first kappa shape index (κ1) is 30.4. The summed E-state index contributed by atoms with van der Waals surface area (Å²) in [6, 6.07) is 2.88. The molecule has 0 amide bonds. The van der Waals surface area contributed by atoms with Gasteiger partial charge in [0.05, 0.1) is 24.0 Å². The van der Waals surface area contributed by atoms with Crippen LogP contribution in [-0.4, -0.2) is 98.8 Å². The molecular weight excluding hydrogens is 646 g/mol. The lowest BCUT2D eigenvalue weighted by atomic mass is 10.1. The zero-order valence-corrected chi connectivity index (χ0v) is 24.5. The number of fused-ring (bicyclic) bond motifs is 5. The third-order valence-corrected chi connectivity index (χ3v) is 9.50. The Kier molecular flexibility index (Phi) is 7.36. The molecule has 7 rings (SSSR count). The number of pyridine rings is 1. The summed E-state index contributed by atoms with van der Waals surface area (Å²) in [7, 11) is -9.87. The molecule has 7 heterocycles. The second kappa shape index (κ2) is 10.9. The fraction of sp³-hybridized carbons (Fsp3) is 0.455. The van der Waals surface area contributed by atoms with E-state index in [4.69, 9.17) is 39.2 Å². The van der Waals surface area contributed by atoms with Gasteiger partial charge in [-0.2, -0.15) is 4.98 Å². The van der Waals surface area contributed by atoms with E-state index in [0.29, 0.717) is 0 Å². The number of nitrogens with two attached hydrogens (primary N) is 2. The van der Waals surface area contributed by atoms with Gasteiger partial charge in [-0.25, -0.2) is 14.5 Å². The van der Waals surface area contributed by atoms with Crippen LogP contribution in [0.3, 0.4) is 0 Å². The number of aliphatic hydroxyl groups excluding tert-OH is 2. The van der Waals surface area contributed by atoms with Gasteiger partial charge in [-0.15, -0.1) is 0 Å². The molecule has 4 aromatic heterocycles. The molecule has 0 saturated carbocycles. The monoisotopic (exact) mass is 672 g/mol. The van der Waals surface area contributed by atoms with Crippen molar-refractivity contribution in [1.29, 1.82) is 0 Å². The van der Waals surface area contributed by atoms with E-state index < -0.39 is 83.2 Å². The fourth-order valence-corrected chi connectivity index (χ4v) is 7.37. The average molecular weight is 672 g/mol. The first-order chi connectivity index (χ1) is 21.3. The summed E-state index contributed by atoms with van der Waals surface area (Å²) in [6.07, 6.45) is -9.83. The van der Waals surface area contributed by atoms with Crippen LogP contribution >= 0.6 is 15.4 Å². The number of rotatable bonds is 2. The van der Waals surface area contributed by atoms with Gasteiger partial charge < -0.3 is 50.2 Å². The zero-order chi connectivity index (χ0) is 31.8. The number of H-pyrrole nitrogens is 1. The number of ether oxygens (including phenoxy) is 3. The number of hydrogen-bond donors (Lipinski definition) is 7. The van der Waals surface area contributed by atoms with E-state index in [0.717, 1.165) is 0 Å². The molecule has 0 aromatic carbocycles. The Morgan fingerprint density at radius 1 is 0.978 bits per heavy atom. The number of phosphoric ester groups is 1. The molecule has 3 aliphatic heterocycles. The van der Waals surface area contributed by atoms with E-state index in [1.165, 1.54) is 40.0 Å². The highest BCUT2D eigenvalue weighted by Crippen LogP contribution is 2.53. The topological polar surface area (TPSA) is 304 Å². The minimum absolute atomic E-state index is 0.00424. The number of nitrogens with zero attached hydrogens (tertiary/aromatic N) is 5. The van der Waals surface area contributed by atoms with E-state index >= 15 is 0 Å². The van der Waals surface area contributed by atoms with Crippen molar-refractivity contribution in [1.82, 2.24) is 29.1 Å². The molecule has 3 fully saturated rings. The Labute approximate surface area is 250 Å². The van der Waals surface area contributed by atoms with Gasteiger partial charge in [-0.3, -0.25) is 32.5 Å². The normalized spacial score (nSPS) is 37.7. The van der Waals surface area contributed by atoms with Gasteiger partial charge in [0.25, 0.3) is 5.56 Å². The van der Waals surface area contributed by atoms with Crippen LogP contribution < -0.4 is 17.0 Å². The molecule has 9 N–H and O–H groups in total. The third kappa shape index (κ3) is 5.35. The van der Waals surface area contributed by atoms with Crippen LogP contribution in [0, 0.1) is 0 Å². The highest BCUT2D eigenvalue weighted by atomic mass is 31.2. The molecule has 3 aliphatic rings. The van der Waals surface area contributed by atoms with Crippen LogP contribution in [0.15, 0.2) is 35.6 Å². The highest BCUT2D eigenvalue weighted by molar-refractivity contribution is 7.52. The number of aliphatic hydroxyl groups is 2. The SMILES string of the molecule is Nc1nc2c(ccn2[C@@H]2O[C@@H]3COP(=O)(O)O[C@@H]4C(O)[C@H](n5cnc6c(N)ccnc65)O[C@@H]4OCP(=O)(O)OC2[C@H]3O)c(=O)[nH]1. The predicted molar refractivity (Wildman–Crippen MR) is 148 cm³/mol. The van der Waals surface area contributed by atoms with Crippen molar-refractivity contribution in [3.05, 3.63) is 41.2 Å². The quantitative estimate of drug-likeness (QED) is 0.124. The van der Waals surface area contributed by atoms with Crippen molar-refractivity contribution in [2.45, 2.75) is 49.3 Å². The van der Waals surface area contributed by atoms with Crippen molar-refractivity contribution < 1.29 is 56.9 Å². The Morgan fingerprint density at radius 2 is 1.78 bits per heavy atom. The molecule has 242 valence electrons. The summed E-state index contributed by atoms with van der Waals surface area (Å²) in [5.41, 5.74) is 11.8. The predicted octanol–water partition coefficient (Wildman–Crippen LogP) is -1.13. The van der Waals surface area contributed by atoms with E-state index in [-0.39, 0.29) is 33.8 Å². The maximum Gasteiger partial charge on any atom is 0.472 e. The Hall–Kier alpha value is -3.30. The minimum atomic E-state index is -5.07. The van der Waals surface area contributed by atoms with Crippen LogP contribution in [0.5, 0.6) is 0 Å². The van der Waals surface area contributed by atoms with E-state index in [1.807, 2.05) is 0 Å². The van der Waals surface area contributed by atoms with Crippen molar-refractivity contribution >= 4 is 49.3 Å². The second-order valence-corrected chi connectivity index (χ2v) is 13.6. The number of nitrogen functional groups attached to an aromatic ring is 2. The minimum Gasteiger partial charge on any atom is -0.397 e. The molecule has 45 heavy (non-hydrogen) atoms. The van der Waals surface area contributed by atoms with E-state index in [2.05, 4.69) is 19.9 Å². The molecule has 10 atom stereocenters. The Morgan fingerprint density at radius 3 is 2.58 bits per heavy atom. The van der Waals surface area contributed by atoms with Crippen molar-refractivity contribution in [2.24, 2.45) is 0 Å². The first-order valence-electron chi connectivity index (χ1n) is 13.2. The van der Waals surface area contributed by atoms with Gasteiger partial charge in [0.1, 0.15) is 29.9 Å². The first-order valence-corrected chi connectivity index (χ1v) is 16.5.